The van der Waals surface area contributed by atoms with E-state index in [9.17, 15) is 9.59 Å². The molecule has 0 atom stereocenters. The van der Waals surface area contributed by atoms with E-state index in [1.807, 2.05) is 0 Å². The minimum atomic E-state index is -1.24. The molecule has 84 valence electrons. The molecule has 0 aromatic heterocycles. The molecule has 0 aliphatic rings. The van der Waals surface area contributed by atoms with Crippen LogP contribution in [0.3, 0.4) is 0 Å². The SMILES string of the molecule is CCCCCC=C/C(=C/C(=O)O)C(=O)O. The highest BCUT2D eigenvalue weighted by atomic mass is 16.4. The van der Waals surface area contributed by atoms with Gasteiger partial charge in [-0.25, -0.2) is 9.59 Å². The second kappa shape index (κ2) is 7.79. The maximum Gasteiger partial charge on any atom is 0.335 e. The summed E-state index contributed by atoms with van der Waals surface area (Å²) in [7, 11) is 0. The van der Waals surface area contributed by atoms with Gasteiger partial charge in [-0.05, 0) is 12.8 Å². The predicted octanol–water partition coefficient (Wildman–Crippen LogP) is 2.22. The Morgan fingerprint density at radius 3 is 2.33 bits per heavy atom. The molecule has 0 aliphatic heterocycles. The second-order valence-corrected chi connectivity index (χ2v) is 3.14. The van der Waals surface area contributed by atoms with E-state index >= 15 is 0 Å². The van der Waals surface area contributed by atoms with Gasteiger partial charge >= 0.3 is 11.9 Å². The third kappa shape index (κ3) is 7.49. The van der Waals surface area contributed by atoms with Gasteiger partial charge in [0.05, 0.1) is 5.57 Å². The standard InChI is InChI=1S/C11H16O4/c1-2-3-4-5-6-7-9(11(14)15)8-10(12)13/h6-8H,2-5H2,1H3,(H,12,13)(H,14,15)/b7-6?,9-8-. The van der Waals surface area contributed by atoms with Crippen LogP contribution in [0.2, 0.25) is 0 Å². The normalized spacial score (nSPS) is 11.9. The zero-order chi connectivity index (χ0) is 11.7. The molecule has 4 heteroatoms. The first-order chi connectivity index (χ1) is 7.07. The van der Waals surface area contributed by atoms with Crippen LogP contribution < -0.4 is 0 Å². The molecule has 0 aromatic rings. The van der Waals surface area contributed by atoms with Crippen LogP contribution in [0.25, 0.3) is 0 Å². The van der Waals surface area contributed by atoms with Gasteiger partial charge < -0.3 is 10.2 Å². The molecule has 0 saturated heterocycles. The Morgan fingerprint density at radius 2 is 1.87 bits per heavy atom. The van der Waals surface area contributed by atoms with E-state index in [2.05, 4.69) is 6.92 Å². The quantitative estimate of drug-likeness (QED) is 0.385. The zero-order valence-corrected chi connectivity index (χ0v) is 8.77. The van der Waals surface area contributed by atoms with Crippen LogP contribution >= 0.6 is 0 Å². The van der Waals surface area contributed by atoms with Crippen LogP contribution in [0, 0.1) is 0 Å². The lowest BCUT2D eigenvalue weighted by atomic mass is 10.1. The highest BCUT2D eigenvalue weighted by Crippen LogP contribution is 2.03. The molecule has 15 heavy (non-hydrogen) atoms. The minimum absolute atomic E-state index is 0.195. The van der Waals surface area contributed by atoms with Crippen molar-refractivity contribution in [2.24, 2.45) is 0 Å². The zero-order valence-electron chi connectivity index (χ0n) is 8.77. The second-order valence-electron chi connectivity index (χ2n) is 3.14. The van der Waals surface area contributed by atoms with Crippen molar-refractivity contribution in [1.82, 2.24) is 0 Å². The van der Waals surface area contributed by atoms with Crippen LogP contribution in [-0.4, -0.2) is 22.2 Å². The number of unbranched alkanes of at least 4 members (excludes halogenated alkanes) is 3. The number of allylic oxidation sites excluding steroid dienone is 1. The van der Waals surface area contributed by atoms with Crippen molar-refractivity contribution >= 4 is 11.9 Å². The molecule has 0 radical (unpaired) electrons. The molecular formula is C11H16O4. The molecule has 0 rings (SSSR count). The van der Waals surface area contributed by atoms with Crippen LogP contribution in [0.5, 0.6) is 0 Å². The third-order valence-corrected chi connectivity index (χ3v) is 1.80. The van der Waals surface area contributed by atoms with Gasteiger partial charge in [0, 0.05) is 6.08 Å². The van der Waals surface area contributed by atoms with E-state index in [1.165, 1.54) is 6.08 Å². The van der Waals surface area contributed by atoms with Crippen LogP contribution in [-0.2, 0) is 9.59 Å². The first-order valence-corrected chi connectivity index (χ1v) is 4.92. The first kappa shape index (κ1) is 13.4. The fraction of sp³-hybridized carbons (Fsp3) is 0.455. The Bertz CT molecular complexity index is 276. The summed E-state index contributed by atoms with van der Waals surface area (Å²) >= 11 is 0. The van der Waals surface area contributed by atoms with Crippen molar-refractivity contribution in [1.29, 1.82) is 0 Å². The molecule has 0 aromatic carbocycles. The largest absolute Gasteiger partial charge is 0.478 e. The molecule has 4 nitrogen and oxygen atoms in total. The summed E-state index contributed by atoms with van der Waals surface area (Å²) in [5.74, 6) is -2.46. The molecule has 2 N–H and O–H groups in total. The summed E-state index contributed by atoms with van der Waals surface area (Å²) in [6.45, 7) is 2.08. The smallest absolute Gasteiger partial charge is 0.335 e. The molecule has 0 heterocycles. The van der Waals surface area contributed by atoms with Crippen molar-refractivity contribution in [3.05, 3.63) is 23.8 Å². The van der Waals surface area contributed by atoms with Crippen molar-refractivity contribution < 1.29 is 19.8 Å². The van der Waals surface area contributed by atoms with Gasteiger partial charge in [-0.1, -0.05) is 31.9 Å². The van der Waals surface area contributed by atoms with E-state index in [0.29, 0.717) is 6.08 Å². The monoisotopic (exact) mass is 212 g/mol. The van der Waals surface area contributed by atoms with Crippen molar-refractivity contribution in [3.8, 4) is 0 Å². The molecule has 0 aliphatic carbocycles. The number of carboxylic acid groups (broad SMARTS) is 2. The third-order valence-electron chi connectivity index (χ3n) is 1.80. The number of carbonyl (C=O) groups is 2. The summed E-state index contributed by atoms with van der Waals surface area (Å²) in [5, 5.41) is 17.0. The van der Waals surface area contributed by atoms with E-state index in [4.69, 9.17) is 10.2 Å². The molecule has 0 unspecified atom stereocenters. The lowest BCUT2D eigenvalue weighted by Gasteiger charge is -1.94. The maximum atomic E-state index is 10.6. The van der Waals surface area contributed by atoms with Gasteiger partial charge in [0.25, 0.3) is 0 Å². The molecule has 0 saturated carbocycles. The Kier molecular flexibility index (Phi) is 6.97. The highest BCUT2D eigenvalue weighted by Gasteiger charge is 2.04. The van der Waals surface area contributed by atoms with Gasteiger partial charge in [0.2, 0.25) is 0 Å². The first-order valence-electron chi connectivity index (χ1n) is 4.92. The van der Waals surface area contributed by atoms with Crippen LogP contribution in [0.15, 0.2) is 23.8 Å². The van der Waals surface area contributed by atoms with Crippen molar-refractivity contribution in [2.45, 2.75) is 32.6 Å². The average Bonchev–Trinajstić information content (AvgIpc) is 2.15. The molecule has 0 fully saturated rings. The van der Waals surface area contributed by atoms with E-state index in [-0.39, 0.29) is 5.57 Å². The van der Waals surface area contributed by atoms with Gasteiger partial charge in [-0.2, -0.15) is 0 Å². The van der Waals surface area contributed by atoms with E-state index in [0.717, 1.165) is 25.7 Å². The number of rotatable bonds is 7. The molecule has 0 bridgehead atoms. The van der Waals surface area contributed by atoms with Gasteiger partial charge in [-0.15, -0.1) is 0 Å². The fourth-order valence-electron chi connectivity index (χ4n) is 1.04. The Morgan fingerprint density at radius 1 is 1.20 bits per heavy atom. The highest BCUT2D eigenvalue weighted by molar-refractivity contribution is 5.96. The summed E-state index contributed by atoms with van der Waals surface area (Å²) < 4.78 is 0. The molecule has 0 amide bonds. The van der Waals surface area contributed by atoms with E-state index < -0.39 is 11.9 Å². The lowest BCUT2D eigenvalue weighted by molar-refractivity contribution is -0.134. The number of carboxylic acids is 2. The maximum absolute atomic E-state index is 10.6. The lowest BCUT2D eigenvalue weighted by Crippen LogP contribution is -2.01. The number of hydrogen-bond acceptors (Lipinski definition) is 2. The average molecular weight is 212 g/mol. The van der Waals surface area contributed by atoms with Crippen molar-refractivity contribution in [2.75, 3.05) is 0 Å². The Labute approximate surface area is 88.9 Å². The van der Waals surface area contributed by atoms with E-state index in [1.54, 1.807) is 6.08 Å². The molecular weight excluding hydrogens is 196 g/mol. The van der Waals surface area contributed by atoms with Crippen LogP contribution in [0.4, 0.5) is 0 Å². The summed E-state index contributed by atoms with van der Waals surface area (Å²) in [6, 6.07) is 0. The van der Waals surface area contributed by atoms with Crippen molar-refractivity contribution in [3.63, 3.8) is 0 Å². The van der Waals surface area contributed by atoms with Crippen LogP contribution in [0.1, 0.15) is 32.6 Å². The summed E-state index contributed by atoms with van der Waals surface area (Å²) in [4.78, 5) is 20.8. The summed E-state index contributed by atoms with van der Waals surface area (Å²) in [5.41, 5.74) is -0.195. The van der Waals surface area contributed by atoms with Gasteiger partial charge in [0.15, 0.2) is 0 Å². The number of hydrogen-bond donors (Lipinski definition) is 2. The number of aliphatic carboxylic acids is 2. The predicted molar refractivity (Wildman–Crippen MR) is 56.6 cm³/mol. The topological polar surface area (TPSA) is 74.6 Å². The minimum Gasteiger partial charge on any atom is -0.478 e. The molecule has 0 spiro atoms. The Hall–Kier alpha value is -1.58. The Balaban J connectivity index is 4.18. The van der Waals surface area contributed by atoms with Gasteiger partial charge in [0.1, 0.15) is 0 Å². The summed E-state index contributed by atoms with van der Waals surface area (Å²) in [6.07, 6.45) is 7.69. The van der Waals surface area contributed by atoms with Gasteiger partial charge in [-0.3, -0.25) is 0 Å². The fourth-order valence-corrected chi connectivity index (χ4v) is 1.04.